The fourth-order valence-electron chi connectivity index (χ4n) is 8.01. The first-order chi connectivity index (χ1) is 19.4. The normalized spacial score (nSPS) is 33.6. The number of carbonyl (C=O) groups excluding carboxylic acids is 3. The lowest BCUT2D eigenvalue weighted by atomic mass is 9.44. The maximum atomic E-state index is 13.0. The molecule has 0 aliphatic heterocycles. The lowest BCUT2D eigenvalue weighted by Gasteiger charge is -2.60. The topological polar surface area (TPSA) is 113 Å². The number of fused-ring (bicyclic) bond motifs is 3. The molecule has 0 heterocycles. The number of ether oxygens (including phenoxy) is 1. The second-order valence-corrected chi connectivity index (χ2v) is 13.1. The Morgan fingerprint density at radius 1 is 1.10 bits per heavy atom. The molecule has 4 aliphatic rings. The number of hydroxylamine groups is 1. The Morgan fingerprint density at radius 2 is 1.73 bits per heavy atom. The molecule has 3 N–H and O–H groups in total. The van der Waals surface area contributed by atoms with E-state index in [9.17, 15) is 19.5 Å². The number of ketones is 2. The van der Waals surface area contributed by atoms with Crippen LogP contribution in [0.1, 0.15) is 113 Å². The van der Waals surface area contributed by atoms with Crippen LogP contribution < -0.4 is 5.48 Å². The molecule has 7 nitrogen and oxygen atoms in total. The van der Waals surface area contributed by atoms with Gasteiger partial charge in [-0.15, -0.1) is 0 Å². The van der Waals surface area contributed by atoms with Gasteiger partial charge in [0.1, 0.15) is 6.61 Å². The molecule has 0 bridgehead atoms. The monoisotopic (exact) mass is 575 g/mol. The minimum Gasteiger partial charge on any atom is -0.457 e. The fraction of sp³-hybridized carbons (Fsp3) is 0.794. The molecule has 41 heavy (non-hydrogen) atoms. The van der Waals surface area contributed by atoms with Gasteiger partial charge in [0.05, 0.1) is 12.0 Å². The molecule has 4 rings (SSSR count). The third-order valence-electron chi connectivity index (χ3n) is 10.5. The molecular formula is C34H57NO6. The lowest BCUT2D eigenvalue weighted by molar-refractivity contribution is -0.160. The Morgan fingerprint density at radius 3 is 2.27 bits per heavy atom. The van der Waals surface area contributed by atoms with Crippen LogP contribution in [0, 0.1) is 40.4 Å². The van der Waals surface area contributed by atoms with E-state index in [1.165, 1.54) is 19.3 Å². The summed E-state index contributed by atoms with van der Waals surface area (Å²) in [6.07, 6.45) is 14.3. The Bertz CT molecular complexity index is 951. The van der Waals surface area contributed by atoms with Crippen LogP contribution in [0.5, 0.6) is 0 Å². The van der Waals surface area contributed by atoms with Gasteiger partial charge in [-0.2, -0.15) is 0 Å². The molecular weight excluding hydrogens is 518 g/mol. The quantitative estimate of drug-likeness (QED) is 0.231. The number of rotatable bonds is 7. The van der Waals surface area contributed by atoms with E-state index in [-0.39, 0.29) is 64.6 Å². The first-order valence-corrected chi connectivity index (χ1v) is 16.1. The summed E-state index contributed by atoms with van der Waals surface area (Å²) in [5, 5.41) is 19.8. The summed E-state index contributed by atoms with van der Waals surface area (Å²) < 4.78 is 5.22. The molecule has 3 fully saturated rings. The zero-order valence-corrected chi connectivity index (χ0v) is 26.9. The molecule has 0 aromatic heterocycles. The van der Waals surface area contributed by atoms with Crippen LogP contribution in [-0.2, 0) is 19.1 Å². The van der Waals surface area contributed by atoms with E-state index in [0.29, 0.717) is 12.5 Å². The molecule has 7 heteroatoms. The van der Waals surface area contributed by atoms with Gasteiger partial charge in [-0.05, 0) is 61.5 Å². The van der Waals surface area contributed by atoms with Gasteiger partial charge in [-0.25, -0.2) is 5.48 Å². The average Bonchev–Trinajstić information content (AvgIpc) is 2.97. The molecule has 0 radical (unpaired) electrons. The number of hydrogen-bond acceptors (Lipinski definition) is 7. The van der Waals surface area contributed by atoms with Gasteiger partial charge in [-0.3, -0.25) is 14.4 Å². The van der Waals surface area contributed by atoms with Gasteiger partial charge < -0.3 is 15.1 Å². The molecule has 0 aromatic carbocycles. The van der Waals surface area contributed by atoms with Gasteiger partial charge >= 0.3 is 5.97 Å². The first-order valence-electron chi connectivity index (χ1n) is 16.1. The van der Waals surface area contributed by atoms with Gasteiger partial charge in [0.25, 0.3) is 0 Å². The number of Topliss-reactive ketones (excluding diaryl/α,β-unsaturated/α-hetero) is 1. The van der Waals surface area contributed by atoms with Crippen LogP contribution in [0.25, 0.3) is 0 Å². The van der Waals surface area contributed by atoms with Crippen LogP contribution in [0.4, 0.5) is 0 Å². The van der Waals surface area contributed by atoms with Crippen molar-refractivity contribution in [1.82, 2.24) is 5.48 Å². The Hall–Kier alpha value is -1.83. The van der Waals surface area contributed by atoms with Crippen LogP contribution in [0.15, 0.2) is 23.8 Å². The van der Waals surface area contributed by atoms with Crippen LogP contribution in [0.3, 0.4) is 0 Å². The number of aliphatic hydroxyl groups is 1. The standard InChI is InChI=1S/C26H38O5.C6H13NO.C2H6/c1-7-20-19-9-8-17-12-18(27)10-11-25(17,5)23(19)21(28)13-26(20,6)16(4)22(29)14-31-24(30)15(2)3;8-7-6-4-2-1-3-5-6;1-2/h10-12,15-16,19-21,23,28H,7-9,13-14H2,1-6H3;6-8H,1-5H2;1-2H3. The van der Waals surface area contributed by atoms with E-state index < -0.39 is 6.10 Å². The number of hydrogen-bond donors (Lipinski definition) is 3. The zero-order valence-electron chi connectivity index (χ0n) is 26.9. The van der Waals surface area contributed by atoms with Crippen molar-refractivity contribution in [3.8, 4) is 0 Å². The predicted octanol–water partition coefficient (Wildman–Crippen LogP) is 6.61. The maximum absolute atomic E-state index is 13.0. The van der Waals surface area contributed by atoms with Crippen molar-refractivity contribution >= 4 is 17.5 Å². The summed E-state index contributed by atoms with van der Waals surface area (Å²) in [5.41, 5.74) is 2.75. The van der Waals surface area contributed by atoms with Crippen LogP contribution in [-0.4, -0.2) is 46.6 Å². The van der Waals surface area contributed by atoms with Crippen molar-refractivity contribution in [3.63, 3.8) is 0 Å². The van der Waals surface area contributed by atoms with E-state index in [0.717, 1.165) is 37.7 Å². The first kappa shape index (κ1) is 35.4. The van der Waals surface area contributed by atoms with Crippen LogP contribution in [0.2, 0.25) is 0 Å². The summed E-state index contributed by atoms with van der Waals surface area (Å²) in [4.78, 5) is 36.8. The molecule has 3 saturated carbocycles. The lowest BCUT2D eigenvalue weighted by Crippen LogP contribution is -2.58. The summed E-state index contributed by atoms with van der Waals surface area (Å²) in [5.74, 6) is -0.413. The third-order valence-corrected chi connectivity index (χ3v) is 10.5. The SMILES string of the molecule is CC.CCC1C2CCC3=CC(=O)C=CC3(C)C2C(O)CC1(C)C(C)C(=O)COC(=O)C(C)C.ONC1CCCCC1. The van der Waals surface area contributed by atoms with Gasteiger partial charge in [0, 0.05) is 23.3 Å². The van der Waals surface area contributed by atoms with Gasteiger partial charge in [0.2, 0.25) is 0 Å². The predicted molar refractivity (Wildman–Crippen MR) is 162 cm³/mol. The van der Waals surface area contributed by atoms with Crippen molar-refractivity contribution in [1.29, 1.82) is 0 Å². The van der Waals surface area contributed by atoms with Crippen molar-refractivity contribution in [2.24, 2.45) is 40.4 Å². The third kappa shape index (κ3) is 7.97. The van der Waals surface area contributed by atoms with Crippen molar-refractivity contribution < 1.29 is 29.4 Å². The molecule has 4 aliphatic carbocycles. The number of allylic oxidation sites excluding steroid dienone is 4. The van der Waals surface area contributed by atoms with E-state index in [2.05, 4.69) is 26.3 Å². The van der Waals surface area contributed by atoms with Crippen molar-refractivity contribution in [2.45, 2.75) is 125 Å². The largest absolute Gasteiger partial charge is 0.457 e. The maximum Gasteiger partial charge on any atom is 0.308 e. The van der Waals surface area contributed by atoms with E-state index in [1.807, 2.05) is 26.8 Å². The summed E-state index contributed by atoms with van der Waals surface area (Å²) in [6, 6.07) is 0.392. The van der Waals surface area contributed by atoms with E-state index >= 15 is 0 Å². The molecule has 0 amide bonds. The molecule has 0 aromatic rings. The Kier molecular flexibility index (Phi) is 13.4. The molecule has 7 unspecified atom stereocenters. The summed E-state index contributed by atoms with van der Waals surface area (Å²) in [6.45, 7) is 15.7. The highest BCUT2D eigenvalue weighted by Gasteiger charge is 2.59. The highest BCUT2D eigenvalue weighted by molar-refractivity contribution is 6.01. The smallest absolute Gasteiger partial charge is 0.308 e. The Balaban J connectivity index is 0.000000500. The average molecular weight is 576 g/mol. The molecule has 0 saturated heterocycles. The zero-order chi connectivity index (χ0) is 31.0. The van der Waals surface area contributed by atoms with Gasteiger partial charge in [-0.1, -0.05) is 92.7 Å². The van der Waals surface area contributed by atoms with Crippen molar-refractivity contribution in [2.75, 3.05) is 6.61 Å². The minimum atomic E-state index is -0.558. The van der Waals surface area contributed by atoms with Crippen LogP contribution >= 0.6 is 0 Å². The second kappa shape index (κ2) is 15.6. The van der Waals surface area contributed by atoms with E-state index in [1.54, 1.807) is 26.0 Å². The van der Waals surface area contributed by atoms with Crippen molar-refractivity contribution in [3.05, 3.63) is 23.8 Å². The highest BCUT2D eigenvalue weighted by atomic mass is 16.5. The number of carbonyl (C=O) groups is 3. The second-order valence-electron chi connectivity index (χ2n) is 13.1. The highest BCUT2D eigenvalue weighted by Crippen LogP contribution is 2.62. The van der Waals surface area contributed by atoms with Gasteiger partial charge in [0.15, 0.2) is 11.6 Å². The number of esters is 1. The number of nitrogens with one attached hydrogen (secondary N) is 1. The summed E-state index contributed by atoms with van der Waals surface area (Å²) in [7, 11) is 0. The number of aliphatic hydroxyl groups excluding tert-OH is 1. The minimum absolute atomic E-state index is 0.0308. The molecule has 0 spiro atoms. The fourth-order valence-corrected chi connectivity index (χ4v) is 8.01. The summed E-state index contributed by atoms with van der Waals surface area (Å²) >= 11 is 0. The van der Waals surface area contributed by atoms with E-state index in [4.69, 9.17) is 9.94 Å². The molecule has 7 atom stereocenters. The Labute approximate surface area is 248 Å². The molecule has 234 valence electrons.